The SMILES string of the molecule is CCC(C(=O)c1ccc(Cl)cc1)N1CCC(C(=O)O)CC1. The minimum Gasteiger partial charge on any atom is -0.481 e. The Balaban J connectivity index is 2.04. The summed E-state index contributed by atoms with van der Waals surface area (Å²) in [4.78, 5) is 25.7. The summed E-state index contributed by atoms with van der Waals surface area (Å²) in [6.07, 6.45) is 1.94. The molecule has 114 valence electrons. The quantitative estimate of drug-likeness (QED) is 0.849. The third-order valence-electron chi connectivity index (χ3n) is 4.14. The van der Waals surface area contributed by atoms with Crippen molar-refractivity contribution in [2.75, 3.05) is 13.1 Å². The van der Waals surface area contributed by atoms with Crippen molar-refractivity contribution in [3.8, 4) is 0 Å². The second-order valence-corrected chi connectivity index (χ2v) is 5.88. The maximum absolute atomic E-state index is 12.6. The molecule has 1 aliphatic rings. The van der Waals surface area contributed by atoms with Gasteiger partial charge >= 0.3 is 5.97 Å². The van der Waals surface area contributed by atoms with Gasteiger partial charge in [-0.25, -0.2) is 0 Å². The number of nitrogens with zero attached hydrogens (tertiary/aromatic N) is 1. The lowest BCUT2D eigenvalue weighted by Crippen LogP contribution is -2.46. The van der Waals surface area contributed by atoms with Crippen LogP contribution >= 0.6 is 11.6 Å². The average Bonchev–Trinajstić information content (AvgIpc) is 2.49. The van der Waals surface area contributed by atoms with Gasteiger partial charge in [-0.1, -0.05) is 18.5 Å². The Morgan fingerprint density at radius 3 is 2.33 bits per heavy atom. The second kappa shape index (κ2) is 7.05. The number of carbonyl (C=O) groups is 2. The molecule has 1 N–H and O–H groups in total. The van der Waals surface area contributed by atoms with E-state index in [2.05, 4.69) is 4.90 Å². The number of hydrogen-bond donors (Lipinski definition) is 1. The van der Waals surface area contributed by atoms with Gasteiger partial charge in [0.1, 0.15) is 0 Å². The number of piperidine rings is 1. The summed E-state index contributed by atoms with van der Waals surface area (Å²) in [7, 11) is 0. The molecule has 1 aromatic rings. The number of benzene rings is 1. The largest absolute Gasteiger partial charge is 0.481 e. The van der Waals surface area contributed by atoms with Crippen LogP contribution in [0, 0.1) is 5.92 Å². The second-order valence-electron chi connectivity index (χ2n) is 5.44. The molecule has 0 saturated carbocycles. The van der Waals surface area contributed by atoms with E-state index in [0.29, 0.717) is 36.5 Å². The van der Waals surface area contributed by atoms with Crippen molar-refractivity contribution < 1.29 is 14.7 Å². The lowest BCUT2D eigenvalue weighted by atomic mass is 9.93. The number of carboxylic acid groups (broad SMARTS) is 1. The molecular formula is C16H20ClNO3. The molecule has 4 nitrogen and oxygen atoms in total. The van der Waals surface area contributed by atoms with Crippen LogP contribution in [-0.2, 0) is 4.79 Å². The molecule has 21 heavy (non-hydrogen) atoms. The highest BCUT2D eigenvalue weighted by atomic mass is 35.5. The van der Waals surface area contributed by atoms with Crippen LogP contribution in [0.1, 0.15) is 36.5 Å². The smallest absolute Gasteiger partial charge is 0.306 e. The molecule has 1 aliphatic heterocycles. The molecule has 1 fully saturated rings. The highest BCUT2D eigenvalue weighted by molar-refractivity contribution is 6.30. The van der Waals surface area contributed by atoms with Gasteiger partial charge in [-0.2, -0.15) is 0 Å². The van der Waals surface area contributed by atoms with Gasteiger partial charge in [0.15, 0.2) is 5.78 Å². The van der Waals surface area contributed by atoms with Crippen LogP contribution in [0.5, 0.6) is 0 Å². The number of likely N-dealkylation sites (tertiary alicyclic amines) is 1. The van der Waals surface area contributed by atoms with Gasteiger partial charge in [0, 0.05) is 10.6 Å². The minimum absolute atomic E-state index is 0.0861. The number of ketones is 1. The number of hydrogen-bond acceptors (Lipinski definition) is 3. The average molecular weight is 310 g/mol. The zero-order valence-corrected chi connectivity index (χ0v) is 12.8. The number of aliphatic carboxylic acids is 1. The third-order valence-corrected chi connectivity index (χ3v) is 4.39. The van der Waals surface area contributed by atoms with Crippen molar-refractivity contribution in [2.45, 2.75) is 32.2 Å². The fourth-order valence-electron chi connectivity index (χ4n) is 2.87. The Hall–Kier alpha value is -1.39. The Labute approximate surface area is 129 Å². The van der Waals surface area contributed by atoms with Crippen molar-refractivity contribution >= 4 is 23.4 Å². The summed E-state index contributed by atoms with van der Waals surface area (Å²) in [5.41, 5.74) is 0.659. The molecule has 0 amide bonds. The van der Waals surface area contributed by atoms with E-state index in [1.165, 1.54) is 0 Å². The molecule has 1 heterocycles. The molecule has 0 radical (unpaired) electrons. The molecule has 5 heteroatoms. The zero-order chi connectivity index (χ0) is 15.4. The third kappa shape index (κ3) is 3.83. The topological polar surface area (TPSA) is 57.6 Å². The van der Waals surface area contributed by atoms with Crippen molar-refractivity contribution in [3.05, 3.63) is 34.9 Å². The number of rotatable bonds is 5. The number of Topliss-reactive ketones (excluding diaryl/α,β-unsaturated/α-hetero) is 1. The molecule has 0 bridgehead atoms. The fraction of sp³-hybridized carbons (Fsp3) is 0.500. The first-order valence-corrected chi connectivity index (χ1v) is 7.67. The minimum atomic E-state index is -0.730. The van der Waals surface area contributed by atoms with Gasteiger partial charge in [0.2, 0.25) is 0 Å². The van der Waals surface area contributed by atoms with Crippen LogP contribution in [-0.4, -0.2) is 40.9 Å². The summed E-state index contributed by atoms with van der Waals surface area (Å²) in [6, 6.07) is 6.76. The highest BCUT2D eigenvalue weighted by Crippen LogP contribution is 2.22. The van der Waals surface area contributed by atoms with Crippen LogP contribution < -0.4 is 0 Å². The number of carbonyl (C=O) groups excluding carboxylic acids is 1. The van der Waals surface area contributed by atoms with Gasteiger partial charge in [-0.15, -0.1) is 0 Å². The van der Waals surface area contributed by atoms with Gasteiger partial charge < -0.3 is 5.11 Å². The molecule has 0 spiro atoms. The summed E-state index contributed by atoms with van der Waals surface area (Å²) >= 11 is 5.85. The first-order valence-electron chi connectivity index (χ1n) is 7.29. The fourth-order valence-corrected chi connectivity index (χ4v) is 3.00. The van der Waals surface area contributed by atoms with E-state index in [0.717, 1.165) is 6.42 Å². The van der Waals surface area contributed by atoms with E-state index in [-0.39, 0.29) is 17.7 Å². The van der Waals surface area contributed by atoms with Crippen molar-refractivity contribution in [1.82, 2.24) is 4.90 Å². The highest BCUT2D eigenvalue weighted by Gasteiger charge is 2.31. The van der Waals surface area contributed by atoms with Crippen molar-refractivity contribution in [3.63, 3.8) is 0 Å². The van der Waals surface area contributed by atoms with E-state index in [1.807, 2.05) is 6.92 Å². The molecule has 2 rings (SSSR count). The van der Waals surface area contributed by atoms with E-state index in [9.17, 15) is 9.59 Å². The van der Waals surface area contributed by atoms with Crippen molar-refractivity contribution in [2.24, 2.45) is 5.92 Å². The predicted octanol–water partition coefficient (Wildman–Crippen LogP) is 3.10. The van der Waals surface area contributed by atoms with E-state index >= 15 is 0 Å². The van der Waals surface area contributed by atoms with Crippen LogP contribution in [0.15, 0.2) is 24.3 Å². The van der Waals surface area contributed by atoms with Gasteiger partial charge in [0.05, 0.1) is 12.0 Å². The van der Waals surface area contributed by atoms with Crippen LogP contribution in [0.25, 0.3) is 0 Å². The molecule has 0 aromatic heterocycles. The van der Waals surface area contributed by atoms with Gasteiger partial charge in [-0.05, 0) is 56.6 Å². The molecular weight excluding hydrogens is 290 g/mol. The predicted molar refractivity (Wildman–Crippen MR) is 81.8 cm³/mol. The standard InChI is InChI=1S/C16H20ClNO3/c1-2-14(15(19)11-3-5-13(17)6-4-11)18-9-7-12(8-10-18)16(20)21/h3-6,12,14H,2,7-10H2,1H3,(H,20,21). The lowest BCUT2D eigenvalue weighted by Gasteiger charge is -2.35. The van der Waals surface area contributed by atoms with E-state index < -0.39 is 5.97 Å². The lowest BCUT2D eigenvalue weighted by molar-refractivity contribution is -0.143. The van der Waals surface area contributed by atoms with Crippen LogP contribution in [0.2, 0.25) is 5.02 Å². The Morgan fingerprint density at radius 2 is 1.86 bits per heavy atom. The summed E-state index contributed by atoms with van der Waals surface area (Å²) in [5.74, 6) is -0.918. The normalized spacial score (nSPS) is 18.4. The molecule has 0 aliphatic carbocycles. The molecule has 1 aromatic carbocycles. The Kier molecular flexibility index (Phi) is 5.37. The monoisotopic (exact) mass is 309 g/mol. The van der Waals surface area contributed by atoms with Gasteiger partial charge in [-0.3, -0.25) is 14.5 Å². The Morgan fingerprint density at radius 1 is 1.29 bits per heavy atom. The van der Waals surface area contributed by atoms with Crippen LogP contribution in [0.4, 0.5) is 0 Å². The van der Waals surface area contributed by atoms with E-state index in [4.69, 9.17) is 16.7 Å². The first kappa shape index (κ1) is 16.0. The molecule has 1 saturated heterocycles. The summed E-state index contributed by atoms with van der Waals surface area (Å²) in [5, 5.41) is 9.65. The molecule has 1 atom stereocenters. The first-order chi connectivity index (χ1) is 10.0. The summed E-state index contributed by atoms with van der Waals surface area (Å²) < 4.78 is 0. The van der Waals surface area contributed by atoms with Crippen molar-refractivity contribution in [1.29, 1.82) is 0 Å². The Bertz CT molecular complexity index is 507. The van der Waals surface area contributed by atoms with Gasteiger partial charge in [0.25, 0.3) is 0 Å². The molecule has 1 unspecified atom stereocenters. The zero-order valence-electron chi connectivity index (χ0n) is 12.1. The summed E-state index contributed by atoms with van der Waals surface area (Å²) in [6.45, 7) is 3.31. The number of carboxylic acids is 1. The maximum atomic E-state index is 12.6. The van der Waals surface area contributed by atoms with Crippen LogP contribution in [0.3, 0.4) is 0 Å². The van der Waals surface area contributed by atoms with E-state index in [1.54, 1.807) is 24.3 Å². The number of halogens is 1. The maximum Gasteiger partial charge on any atom is 0.306 e.